The fourth-order valence-corrected chi connectivity index (χ4v) is 3.17. The van der Waals surface area contributed by atoms with Crippen molar-refractivity contribution in [3.63, 3.8) is 0 Å². The van der Waals surface area contributed by atoms with E-state index in [-0.39, 0.29) is 0 Å². The summed E-state index contributed by atoms with van der Waals surface area (Å²) in [7, 11) is 0. The lowest BCUT2D eigenvalue weighted by molar-refractivity contribution is 0.797. The molecule has 1 aliphatic rings. The van der Waals surface area contributed by atoms with Gasteiger partial charge < -0.3 is 4.57 Å². The van der Waals surface area contributed by atoms with Gasteiger partial charge in [-0.2, -0.15) is 5.10 Å². The van der Waals surface area contributed by atoms with Gasteiger partial charge >= 0.3 is 0 Å². The maximum atomic E-state index is 4.64. The minimum Gasteiger partial charge on any atom is -0.339 e. The van der Waals surface area contributed by atoms with E-state index in [2.05, 4.69) is 46.3 Å². The van der Waals surface area contributed by atoms with Crippen molar-refractivity contribution >= 4 is 22.3 Å². The summed E-state index contributed by atoms with van der Waals surface area (Å²) in [6.45, 7) is 3.20. The molecule has 2 aromatic carbocycles. The average Bonchev–Trinajstić information content (AvgIpc) is 3.07. The van der Waals surface area contributed by atoms with Crippen LogP contribution >= 0.6 is 0 Å². The Balaban J connectivity index is 1.76. The number of nitrogens with one attached hydrogen (secondary N) is 1. The lowest BCUT2D eigenvalue weighted by atomic mass is 10.1. The quantitative estimate of drug-likeness (QED) is 0.699. The highest BCUT2D eigenvalue weighted by molar-refractivity contribution is 6.07. The molecule has 1 aliphatic heterocycles. The highest BCUT2D eigenvalue weighted by Gasteiger charge is 2.23. The summed E-state index contributed by atoms with van der Waals surface area (Å²) in [5.74, 6) is 0. The van der Waals surface area contributed by atoms with Gasteiger partial charge in [0.2, 0.25) is 0 Å². The predicted molar refractivity (Wildman–Crippen MR) is 87.9 cm³/mol. The first kappa shape index (κ1) is 12.2. The first-order valence-corrected chi connectivity index (χ1v) is 7.30. The molecular formula is C18H17N3. The summed E-state index contributed by atoms with van der Waals surface area (Å²) < 4.78 is 2.39. The van der Waals surface area contributed by atoms with Crippen molar-refractivity contribution in [2.24, 2.45) is 5.10 Å². The number of hydrogen-bond donors (Lipinski definition) is 1. The van der Waals surface area contributed by atoms with Crippen molar-refractivity contribution in [1.82, 2.24) is 4.57 Å². The number of aryl methyl sites for hydroxylation is 2. The molecule has 3 heteroatoms. The Kier molecular flexibility index (Phi) is 2.78. The Hall–Kier alpha value is -2.55. The third-order valence-electron chi connectivity index (χ3n) is 4.16. The van der Waals surface area contributed by atoms with Crippen LogP contribution in [0.2, 0.25) is 0 Å². The molecule has 0 unspecified atom stereocenters. The number of benzene rings is 2. The smallest absolute Gasteiger partial charge is 0.0864 e. The Morgan fingerprint density at radius 3 is 2.62 bits per heavy atom. The maximum absolute atomic E-state index is 4.64. The Morgan fingerprint density at radius 1 is 1.00 bits per heavy atom. The SMILES string of the molecule is Cc1c2n(c3ccccc13)CC/C2=N/Nc1ccccc1. The van der Waals surface area contributed by atoms with Gasteiger partial charge in [-0.05, 0) is 30.7 Å². The molecule has 104 valence electrons. The average molecular weight is 275 g/mol. The highest BCUT2D eigenvalue weighted by atomic mass is 15.3. The van der Waals surface area contributed by atoms with Crippen LogP contribution in [0.25, 0.3) is 10.9 Å². The van der Waals surface area contributed by atoms with E-state index in [9.17, 15) is 0 Å². The second kappa shape index (κ2) is 4.77. The molecule has 0 amide bonds. The maximum Gasteiger partial charge on any atom is 0.0864 e. The number of hydrazone groups is 1. The Morgan fingerprint density at radius 2 is 1.76 bits per heavy atom. The molecule has 0 aliphatic carbocycles. The molecule has 0 saturated heterocycles. The zero-order valence-electron chi connectivity index (χ0n) is 12.0. The van der Waals surface area contributed by atoms with Crippen LogP contribution in [-0.2, 0) is 6.54 Å². The number of para-hydroxylation sites is 2. The number of hydrogen-bond acceptors (Lipinski definition) is 2. The summed E-state index contributed by atoms with van der Waals surface area (Å²) in [6.07, 6.45) is 0.987. The zero-order chi connectivity index (χ0) is 14.2. The summed E-state index contributed by atoms with van der Waals surface area (Å²) in [5.41, 5.74) is 9.27. The largest absolute Gasteiger partial charge is 0.339 e. The number of anilines is 1. The molecule has 0 spiro atoms. The van der Waals surface area contributed by atoms with Crippen molar-refractivity contribution in [3.8, 4) is 0 Å². The standard InChI is InChI=1S/C18H17N3/c1-13-15-9-5-6-10-17(15)21-12-11-16(18(13)21)20-19-14-7-3-2-4-8-14/h2-10,19H,11-12H2,1H3/b20-16-. The minimum absolute atomic E-state index is 0.987. The van der Waals surface area contributed by atoms with Crippen LogP contribution in [0.15, 0.2) is 59.7 Å². The fourth-order valence-electron chi connectivity index (χ4n) is 3.17. The molecule has 1 aromatic heterocycles. The molecule has 4 rings (SSSR count). The van der Waals surface area contributed by atoms with Crippen molar-refractivity contribution in [2.75, 3.05) is 5.43 Å². The highest BCUT2D eigenvalue weighted by Crippen LogP contribution is 2.31. The van der Waals surface area contributed by atoms with E-state index < -0.39 is 0 Å². The third-order valence-corrected chi connectivity index (χ3v) is 4.16. The van der Waals surface area contributed by atoms with E-state index in [1.807, 2.05) is 30.3 Å². The van der Waals surface area contributed by atoms with Gasteiger partial charge in [-0.15, -0.1) is 0 Å². The summed E-state index contributed by atoms with van der Waals surface area (Å²) in [6, 6.07) is 18.7. The van der Waals surface area contributed by atoms with E-state index in [0.29, 0.717) is 0 Å². The van der Waals surface area contributed by atoms with Gasteiger partial charge in [0.25, 0.3) is 0 Å². The normalized spacial score (nSPS) is 15.6. The molecule has 0 fully saturated rings. The topological polar surface area (TPSA) is 29.3 Å². The van der Waals surface area contributed by atoms with Gasteiger partial charge in [-0.25, -0.2) is 0 Å². The van der Waals surface area contributed by atoms with Gasteiger partial charge in [0, 0.05) is 23.9 Å². The Bertz CT molecular complexity index is 828. The van der Waals surface area contributed by atoms with E-state index in [1.54, 1.807) is 0 Å². The molecule has 21 heavy (non-hydrogen) atoms. The van der Waals surface area contributed by atoms with Crippen LogP contribution in [0.1, 0.15) is 17.7 Å². The predicted octanol–water partition coefficient (Wildman–Crippen LogP) is 4.17. The van der Waals surface area contributed by atoms with E-state index in [0.717, 1.165) is 24.4 Å². The monoisotopic (exact) mass is 275 g/mol. The summed E-state index contributed by atoms with van der Waals surface area (Å²) >= 11 is 0. The van der Waals surface area contributed by atoms with Crippen molar-refractivity contribution < 1.29 is 0 Å². The van der Waals surface area contributed by atoms with Gasteiger partial charge in [0.05, 0.1) is 17.1 Å². The number of rotatable bonds is 2. The van der Waals surface area contributed by atoms with Gasteiger partial charge in [-0.1, -0.05) is 36.4 Å². The van der Waals surface area contributed by atoms with Gasteiger partial charge in [0.15, 0.2) is 0 Å². The van der Waals surface area contributed by atoms with Crippen molar-refractivity contribution in [2.45, 2.75) is 19.9 Å². The second-order valence-corrected chi connectivity index (χ2v) is 5.43. The summed E-state index contributed by atoms with van der Waals surface area (Å²) in [4.78, 5) is 0. The molecule has 0 saturated carbocycles. The van der Waals surface area contributed by atoms with Gasteiger partial charge in [0.1, 0.15) is 0 Å². The molecule has 2 heterocycles. The van der Waals surface area contributed by atoms with Crippen LogP contribution < -0.4 is 5.43 Å². The number of fused-ring (bicyclic) bond motifs is 3. The molecular weight excluding hydrogens is 258 g/mol. The van der Waals surface area contributed by atoms with Crippen LogP contribution in [0.3, 0.4) is 0 Å². The van der Waals surface area contributed by atoms with Crippen molar-refractivity contribution in [1.29, 1.82) is 0 Å². The third kappa shape index (κ3) is 1.93. The lowest BCUT2D eigenvalue weighted by Gasteiger charge is -2.02. The molecule has 0 bridgehead atoms. The first-order valence-electron chi connectivity index (χ1n) is 7.30. The Labute approximate surface area is 123 Å². The fraction of sp³-hybridized carbons (Fsp3) is 0.167. The summed E-state index contributed by atoms with van der Waals surface area (Å²) in [5, 5.41) is 5.97. The number of aromatic nitrogens is 1. The molecule has 1 N–H and O–H groups in total. The van der Waals surface area contributed by atoms with Crippen LogP contribution in [-0.4, -0.2) is 10.3 Å². The van der Waals surface area contributed by atoms with E-state index in [4.69, 9.17) is 0 Å². The van der Waals surface area contributed by atoms with Crippen LogP contribution in [0.4, 0.5) is 5.69 Å². The number of nitrogens with zero attached hydrogens (tertiary/aromatic N) is 2. The first-order chi connectivity index (χ1) is 10.3. The van der Waals surface area contributed by atoms with Gasteiger partial charge in [-0.3, -0.25) is 5.43 Å². The molecule has 3 nitrogen and oxygen atoms in total. The van der Waals surface area contributed by atoms with Crippen molar-refractivity contribution in [3.05, 3.63) is 65.9 Å². The van der Waals surface area contributed by atoms with Crippen LogP contribution in [0.5, 0.6) is 0 Å². The lowest BCUT2D eigenvalue weighted by Crippen LogP contribution is -2.01. The van der Waals surface area contributed by atoms with E-state index in [1.165, 1.54) is 22.2 Å². The molecule has 0 radical (unpaired) electrons. The van der Waals surface area contributed by atoms with Crippen LogP contribution in [0, 0.1) is 6.92 Å². The minimum atomic E-state index is 0.987. The molecule has 3 aromatic rings. The zero-order valence-corrected chi connectivity index (χ0v) is 12.0. The molecule has 0 atom stereocenters. The van der Waals surface area contributed by atoms with E-state index >= 15 is 0 Å². The second-order valence-electron chi connectivity index (χ2n) is 5.43.